The first-order chi connectivity index (χ1) is 8.04. The highest BCUT2D eigenvalue weighted by atomic mass is 35.5. The largest absolute Gasteiger partial charge is 0.368 e. The predicted octanol–water partition coefficient (Wildman–Crippen LogP) is 3.33. The predicted molar refractivity (Wildman–Crippen MR) is 73.1 cm³/mol. The van der Waals surface area contributed by atoms with E-state index >= 15 is 0 Å². The molecule has 1 aromatic carbocycles. The van der Waals surface area contributed by atoms with E-state index in [9.17, 15) is 4.39 Å². The van der Waals surface area contributed by atoms with Gasteiger partial charge >= 0.3 is 0 Å². The maximum atomic E-state index is 13.0. The first kappa shape index (κ1) is 14.5. The number of aryl methyl sites for hydroxylation is 1. The summed E-state index contributed by atoms with van der Waals surface area (Å²) in [5.41, 5.74) is 6.90. The highest BCUT2D eigenvalue weighted by Gasteiger charge is 2.03. The number of hydrogen-bond donors (Lipinski definition) is 2. The number of nitrogens with two attached hydrogens (primary N) is 1. The Morgan fingerprint density at radius 3 is 2.61 bits per heavy atom. The molecule has 0 radical (unpaired) electrons. The molecule has 0 aliphatic carbocycles. The molecule has 1 heterocycles. The highest BCUT2D eigenvalue weighted by Crippen LogP contribution is 2.22. The fourth-order valence-corrected chi connectivity index (χ4v) is 1.56. The van der Waals surface area contributed by atoms with Gasteiger partial charge in [0.15, 0.2) is 0 Å². The van der Waals surface area contributed by atoms with E-state index in [0.29, 0.717) is 11.5 Å². The first-order valence-corrected chi connectivity index (χ1v) is 5.25. The van der Waals surface area contributed by atoms with Crippen LogP contribution in [0.15, 0.2) is 24.3 Å². The molecule has 4 nitrogen and oxygen atoms in total. The summed E-state index contributed by atoms with van der Waals surface area (Å²) in [5.74, 6) is 0.258. The molecule has 96 valence electrons. The van der Waals surface area contributed by atoms with Crippen LogP contribution in [0.2, 0.25) is 5.02 Å². The summed E-state index contributed by atoms with van der Waals surface area (Å²) < 4.78 is 13.0. The van der Waals surface area contributed by atoms with E-state index in [1.807, 2.05) is 0 Å². The van der Waals surface area contributed by atoms with Crippen LogP contribution in [0.1, 0.15) is 5.69 Å². The fraction of sp³-hybridized carbons (Fsp3) is 0.0909. The monoisotopic (exact) mass is 288 g/mol. The quantitative estimate of drug-likeness (QED) is 0.890. The molecule has 2 rings (SSSR count). The molecule has 7 heteroatoms. The molecule has 18 heavy (non-hydrogen) atoms. The number of anilines is 3. The number of benzene rings is 1. The van der Waals surface area contributed by atoms with E-state index in [1.165, 1.54) is 12.1 Å². The number of nitrogens with zero attached hydrogens (tertiary/aromatic N) is 2. The summed E-state index contributed by atoms with van der Waals surface area (Å²) in [6, 6.07) is 6.05. The number of rotatable bonds is 2. The molecule has 0 amide bonds. The van der Waals surface area contributed by atoms with Gasteiger partial charge in [-0.25, -0.2) is 9.37 Å². The maximum Gasteiger partial charge on any atom is 0.222 e. The Labute approximate surface area is 115 Å². The molecule has 0 bridgehead atoms. The van der Waals surface area contributed by atoms with E-state index < -0.39 is 5.82 Å². The number of nitrogens with one attached hydrogen (secondary N) is 1. The van der Waals surface area contributed by atoms with Crippen molar-refractivity contribution in [3.05, 3.63) is 40.8 Å². The lowest BCUT2D eigenvalue weighted by atomic mass is 10.3. The zero-order valence-corrected chi connectivity index (χ0v) is 11.0. The molecule has 0 saturated carbocycles. The number of hydrogen-bond acceptors (Lipinski definition) is 4. The molecular formula is C11H11Cl2FN4. The molecule has 0 atom stereocenters. The van der Waals surface area contributed by atoms with Crippen molar-refractivity contribution in [1.82, 2.24) is 9.97 Å². The van der Waals surface area contributed by atoms with Crippen molar-refractivity contribution in [2.45, 2.75) is 6.92 Å². The average Bonchev–Trinajstić information content (AvgIpc) is 2.22. The SMILES string of the molecule is Cc1cc(Nc2ccc(F)c(Cl)c2)nc(N)n1.Cl. The van der Waals surface area contributed by atoms with E-state index in [0.717, 1.165) is 5.69 Å². The number of nitrogen functional groups attached to an aromatic ring is 1. The van der Waals surface area contributed by atoms with Gasteiger partial charge in [-0.2, -0.15) is 4.98 Å². The molecular weight excluding hydrogens is 278 g/mol. The van der Waals surface area contributed by atoms with Crippen LogP contribution in [0, 0.1) is 12.7 Å². The smallest absolute Gasteiger partial charge is 0.222 e. The van der Waals surface area contributed by atoms with Crippen LogP contribution in [0.5, 0.6) is 0 Å². The summed E-state index contributed by atoms with van der Waals surface area (Å²) in [7, 11) is 0. The molecule has 0 aliphatic rings. The minimum absolute atomic E-state index is 0. The van der Waals surface area contributed by atoms with Crippen LogP contribution >= 0.6 is 24.0 Å². The highest BCUT2D eigenvalue weighted by molar-refractivity contribution is 6.31. The Bertz CT molecular complexity index is 542. The number of aromatic nitrogens is 2. The first-order valence-electron chi connectivity index (χ1n) is 4.88. The summed E-state index contributed by atoms with van der Waals surface area (Å²) in [4.78, 5) is 7.95. The maximum absolute atomic E-state index is 13.0. The van der Waals surface area contributed by atoms with Gasteiger partial charge in [-0.1, -0.05) is 11.6 Å². The van der Waals surface area contributed by atoms with Crippen molar-refractivity contribution in [2.24, 2.45) is 0 Å². The van der Waals surface area contributed by atoms with Crippen LogP contribution in [0.25, 0.3) is 0 Å². The Morgan fingerprint density at radius 2 is 2.00 bits per heavy atom. The van der Waals surface area contributed by atoms with Crippen LogP contribution in [0.3, 0.4) is 0 Å². The van der Waals surface area contributed by atoms with Gasteiger partial charge in [0.1, 0.15) is 11.6 Å². The summed E-state index contributed by atoms with van der Waals surface area (Å²) in [6.07, 6.45) is 0. The third kappa shape index (κ3) is 3.45. The van der Waals surface area contributed by atoms with Gasteiger partial charge in [0, 0.05) is 17.4 Å². The van der Waals surface area contributed by atoms with Crippen molar-refractivity contribution < 1.29 is 4.39 Å². The zero-order valence-electron chi connectivity index (χ0n) is 9.45. The fourth-order valence-electron chi connectivity index (χ4n) is 1.38. The van der Waals surface area contributed by atoms with Crippen molar-refractivity contribution in [3.63, 3.8) is 0 Å². The second-order valence-electron chi connectivity index (χ2n) is 3.51. The Morgan fingerprint density at radius 1 is 1.28 bits per heavy atom. The molecule has 1 aromatic heterocycles. The van der Waals surface area contributed by atoms with Gasteiger partial charge in [0.05, 0.1) is 5.02 Å². The molecule has 0 fully saturated rings. The van der Waals surface area contributed by atoms with Gasteiger partial charge in [-0.15, -0.1) is 12.4 Å². The molecule has 0 unspecified atom stereocenters. The zero-order chi connectivity index (χ0) is 12.4. The van der Waals surface area contributed by atoms with Gasteiger partial charge in [0.25, 0.3) is 0 Å². The van der Waals surface area contributed by atoms with E-state index in [-0.39, 0.29) is 23.4 Å². The molecule has 0 aliphatic heterocycles. The van der Waals surface area contributed by atoms with Gasteiger partial charge in [-0.05, 0) is 25.1 Å². The normalized spacial score (nSPS) is 9.72. The second kappa shape index (κ2) is 5.84. The van der Waals surface area contributed by atoms with Gasteiger partial charge < -0.3 is 11.1 Å². The average molecular weight is 289 g/mol. The Kier molecular flexibility index (Phi) is 4.69. The minimum Gasteiger partial charge on any atom is -0.368 e. The molecule has 2 aromatic rings. The van der Waals surface area contributed by atoms with Crippen molar-refractivity contribution >= 4 is 41.5 Å². The third-order valence-corrected chi connectivity index (χ3v) is 2.35. The summed E-state index contributed by atoms with van der Waals surface area (Å²) in [6.45, 7) is 1.81. The minimum atomic E-state index is -0.462. The lowest BCUT2D eigenvalue weighted by Crippen LogP contribution is -2.01. The van der Waals surface area contributed by atoms with Crippen molar-refractivity contribution in [3.8, 4) is 0 Å². The summed E-state index contributed by atoms with van der Waals surface area (Å²) >= 11 is 5.67. The summed E-state index contributed by atoms with van der Waals surface area (Å²) in [5, 5.41) is 3.02. The van der Waals surface area contributed by atoms with Crippen LogP contribution < -0.4 is 11.1 Å². The van der Waals surface area contributed by atoms with Gasteiger partial charge in [-0.3, -0.25) is 0 Å². The lowest BCUT2D eigenvalue weighted by molar-refractivity contribution is 0.628. The standard InChI is InChI=1S/C11H10ClFN4.ClH/c1-6-4-10(17-11(14)15-6)16-7-2-3-9(13)8(12)5-7;/h2-5H,1H3,(H3,14,15,16,17);1H. The van der Waals surface area contributed by atoms with E-state index in [4.69, 9.17) is 17.3 Å². The van der Waals surface area contributed by atoms with Crippen LogP contribution in [-0.4, -0.2) is 9.97 Å². The topological polar surface area (TPSA) is 63.8 Å². The van der Waals surface area contributed by atoms with Crippen molar-refractivity contribution in [2.75, 3.05) is 11.1 Å². The Hall–Kier alpha value is -1.59. The number of halogens is 3. The van der Waals surface area contributed by atoms with Crippen molar-refractivity contribution in [1.29, 1.82) is 0 Å². The van der Waals surface area contributed by atoms with E-state index in [1.54, 1.807) is 19.1 Å². The molecule has 3 N–H and O–H groups in total. The third-order valence-electron chi connectivity index (χ3n) is 2.06. The lowest BCUT2D eigenvalue weighted by Gasteiger charge is -2.07. The van der Waals surface area contributed by atoms with E-state index in [2.05, 4.69) is 15.3 Å². The molecule has 0 spiro atoms. The Balaban J connectivity index is 0.00000162. The van der Waals surface area contributed by atoms with Crippen LogP contribution in [-0.2, 0) is 0 Å². The van der Waals surface area contributed by atoms with Gasteiger partial charge in [0.2, 0.25) is 5.95 Å². The van der Waals surface area contributed by atoms with Crippen LogP contribution in [0.4, 0.5) is 21.8 Å². The molecule has 0 saturated heterocycles. The second-order valence-corrected chi connectivity index (χ2v) is 3.91.